The quantitative estimate of drug-likeness (QED) is 0.661. The summed E-state index contributed by atoms with van der Waals surface area (Å²) in [5.41, 5.74) is 0. The zero-order valence-electron chi connectivity index (χ0n) is 9.00. The van der Waals surface area contributed by atoms with E-state index >= 15 is 0 Å². The van der Waals surface area contributed by atoms with Crippen LogP contribution in [0.5, 0.6) is 0 Å². The molecule has 4 rings (SSSR count). The van der Waals surface area contributed by atoms with Crippen LogP contribution in [-0.2, 0) is 4.18 Å². The summed E-state index contributed by atoms with van der Waals surface area (Å²) in [6, 6.07) is 0. The molecule has 0 radical (unpaired) electrons. The molecule has 0 aromatic carbocycles. The maximum absolute atomic E-state index is 5.64. The molecular weight excluding hydrogens is 192 g/mol. The van der Waals surface area contributed by atoms with E-state index in [-0.39, 0.29) is 0 Å². The van der Waals surface area contributed by atoms with Crippen molar-refractivity contribution in [2.75, 3.05) is 6.61 Å². The molecule has 1 nitrogen and oxygen atoms in total. The summed E-state index contributed by atoms with van der Waals surface area (Å²) in [6.07, 6.45) is 8.95. The predicted octanol–water partition coefficient (Wildman–Crippen LogP) is 3.64. The Labute approximate surface area is 91.2 Å². The fourth-order valence-electron chi connectivity index (χ4n) is 4.32. The van der Waals surface area contributed by atoms with Crippen LogP contribution in [0.4, 0.5) is 0 Å². The highest BCUT2D eigenvalue weighted by molar-refractivity contribution is 7.96. The van der Waals surface area contributed by atoms with Crippen LogP contribution in [0.15, 0.2) is 0 Å². The monoisotopic (exact) mass is 212 g/mol. The molecule has 0 N–H and O–H groups in total. The molecule has 14 heavy (non-hydrogen) atoms. The van der Waals surface area contributed by atoms with Crippen LogP contribution in [0.2, 0.25) is 0 Å². The Morgan fingerprint density at radius 3 is 2.00 bits per heavy atom. The van der Waals surface area contributed by atoms with Crippen LogP contribution in [0, 0.1) is 17.8 Å². The Kier molecular flexibility index (Phi) is 2.32. The van der Waals surface area contributed by atoms with Gasteiger partial charge in [-0.1, -0.05) is 0 Å². The van der Waals surface area contributed by atoms with Gasteiger partial charge in [-0.3, -0.25) is 0 Å². The number of rotatable bonds is 3. The SMILES string of the molecule is CCOSC12CC3CC(CC(C3)C1)C2. The van der Waals surface area contributed by atoms with Crippen molar-refractivity contribution in [3.8, 4) is 0 Å². The molecule has 0 saturated heterocycles. The lowest BCUT2D eigenvalue weighted by Crippen LogP contribution is -2.48. The molecule has 2 heteroatoms. The number of hydrogen-bond donors (Lipinski definition) is 0. The molecule has 0 heterocycles. The summed E-state index contributed by atoms with van der Waals surface area (Å²) < 4.78 is 6.18. The van der Waals surface area contributed by atoms with Crippen molar-refractivity contribution in [3.05, 3.63) is 0 Å². The highest BCUT2D eigenvalue weighted by Crippen LogP contribution is 2.60. The molecule has 0 unspecified atom stereocenters. The van der Waals surface area contributed by atoms with E-state index in [4.69, 9.17) is 4.18 Å². The van der Waals surface area contributed by atoms with Gasteiger partial charge in [0.25, 0.3) is 0 Å². The lowest BCUT2D eigenvalue weighted by Gasteiger charge is -2.55. The third kappa shape index (κ3) is 1.51. The first-order valence-corrected chi connectivity index (χ1v) is 6.84. The van der Waals surface area contributed by atoms with E-state index < -0.39 is 0 Å². The van der Waals surface area contributed by atoms with E-state index in [1.165, 1.54) is 38.5 Å². The maximum Gasteiger partial charge on any atom is 0.0585 e. The molecule has 0 spiro atoms. The largest absolute Gasteiger partial charge is 0.315 e. The Morgan fingerprint density at radius 2 is 1.57 bits per heavy atom. The summed E-state index contributed by atoms with van der Waals surface area (Å²) in [6.45, 7) is 2.97. The molecule has 4 aliphatic carbocycles. The highest BCUT2D eigenvalue weighted by atomic mass is 32.2. The Hall–Kier alpha value is 0.310. The molecule has 0 atom stereocenters. The lowest BCUT2D eigenvalue weighted by atomic mass is 9.56. The minimum absolute atomic E-state index is 0.546. The van der Waals surface area contributed by atoms with Gasteiger partial charge in [0.15, 0.2) is 0 Å². The van der Waals surface area contributed by atoms with E-state index in [0.717, 1.165) is 24.4 Å². The van der Waals surface area contributed by atoms with Gasteiger partial charge in [-0.2, -0.15) is 0 Å². The van der Waals surface area contributed by atoms with Gasteiger partial charge in [-0.25, -0.2) is 0 Å². The summed E-state index contributed by atoms with van der Waals surface area (Å²) >= 11 is 1.83. The first kappa shape index (κ1) is 9.53. The standard InChI is InChI=1S/C12H20OS/c1-2-13-14-12-6-9-3-10(7-12)5-11(4-9)8-12/h9-11H,2-8H2,1H3. The Morgan fingerprint density at radius 1 is 1.07 bits per heavy atom. The van der Waals surface area contributed by atoms with E-state index in [1.807, 2.05) is 12.0 Å². The van der Waals surface area contributed by atoms with Crippen molar-refractivity contribution >= 4 is 12.0 Å². The predicted molar refractivity (Wildman–Crippen MR) is 60.1 cm³/mol. The van der Waals surface area contributed by atoms with Crippen molar-refractivity contribution in [3.63, 3.8) is 0 Å². The van der Waals surface area contributed by atoms with E-state index in [0.29, 0.717) is 4.75 Å². The minimum atomic E-state index is 0.546. The van der Waals surface area contributed by atoms with Gasteiger partial charge >= 0.3 is 0 Å². The van der Waals surface area contributed by atoms with Gasteiger partial charge in [-0.15, -0.1) is 0 Å². The molecule has 4 saturated carbocycles. The average molecular weight is 212 g/mol. The zero-order valence-corrected chi connectivity index (χ0v) is 9.81. The molecule has 4 aliphatic rings. The molecule has 4 bridgehead atoms. The van der Waals surface area contributed by atoms with Crippen molar-refractivity contribution < 1.29 is 4.18 Å². The van der Waals surface area contributed by atoms with Crippen LogP contribution in [0.3, 0.4) is 0 Å². The second-order valence-electron chi connectivity index (χ2n) is 5.59. The van der Waals surface area contributed by atoms with Gasteiger partial charge in [-0.05, 0) is 75.2 Å². The molecule has 0 aromatic rings. The van der Waals surface area contributed by atoms with Gasteiger partial charge in [0.2, 0.25) is 0 Å². The molecule has 0 amide bonds. The summed E-state index contributed by atoms with van der Waals surface area (Å²) in [5.74, 6) is 3.15. The highest BCUT2D eigenvalue weighted by Gasteiger charge is 2.51. The van der Waals surface area contributed by atoms with Crippen molar-refractivity contribution in [1.82, 2.24) is 0 Å². The summed E-state index contributed by atoms with van der Waals surface area (Å²) in [5, 5.41) is 0. The zero-order chi connectivity index (χ0) is 9.60. The summed E-state index contributed by atoms with van der Waals surface area (Å²) in [4.78, 5) is 0. The van der Waals surface area contributed by atoms with Crippen LogP contribution >= 0.6 is 12.0 Å². The van der Waals surface area contributed by atoms with E-state index in [9.17, 15) is 0 Å². The second-order valence-corrected chi connectivity index (χ2v) is 6.86. The minimum Gasteiger partial charge on any atom is -0.315 e. The molecule has 4 fully saturated rings. The Bertz CT molecular complexity index is 191. The normalized spacial score (nSPS) is 49.9. The van der Waals surface area contributed by atoms with Crippen molar-refractivity contribution in [1.29, 1.82) is 0 Å². The third-order valence-corrected chi connectivity index (χ3v) is 5.54. The average Bonchev–Trinajstić information content (AvgIpc) is 2.12. The molecular formula is C12H20OS. The van der Waals surface area contributed by atoms with E-state index in [2.05, 4.69) is 6.92 Å². The van der Waals surface area contributed by atoms with Gasteiger partial charge < -0.3 is 4.18 Å². The topological polar surface area (TPSA) is 9.23 Å². The van der Waals surface area contributed by atoms with Crippen LogP contribution in [-0.4, -0.2) is 11.4 Å². The van der Waals surface area contributed by atoms with Gasteiger partial charge in [0.05, 0.1) is 6.61 Å². The lowest BCUT2D eigenvalue weighted by molar-refractivity contribution is 0.0353. The Balaban J connectivity index is 1.74. The van der Waals surface area contributed by atoms with Crippen molar-refractivity contribution in [2.24, 2.45) is 17.8 Å². The molecule has 0 aliphatic heterocycles. The van der Waals surface area contributed by atoms with Gasteiger partial charge in [0, 0.05) is 4.75 Å². The van der Waals surface area contributed by atoms with Gasteiger partial charge in [0.1, 0.15) is 0 Å². The second kappa shape index (κ2) is 3.41. The fraction of sp³-hybridized carbons (Fsp3) is 1.00. The fourth-order valence-corrected chi connectivity index (χ4v) is 5.60. The number of hydrogen-bond acceptors (Lipinski definition) is 2. The first-order chi connectivity index (χ1) is 6.80. The maximum atomic E-state index is 5.64. The molecule has 0 aromatic heterocycles. The smallest absolute Gasteiger partial charge is 0.0585 e. The first-order valence-electron chi connectivity index (χ1n) is 6.10. The third-order valence-electron chi connectivity index (χ3n) is 4.34. The van der Waals surface area contributed by atoms with Crippen LogP contribution in [0.25, 0.3) is 0 Å². The van der Waals surface area contributed by atoms with Crippen LogP contribution in [0.1, 0.15) is 45.4 Å². The summed E-state index contributed by atoms with van der Waals surface area (Å²) in [7, 11) is 0. The van der Waals surface area contributed by atoms with E-state index in [1.54, 1.807) is 0 Å². The van der Waals surface area contributed by atoms with Crippen LogP contribution < -0.4 is 0 Å². The molecule has 80 valence electrons. The van der Waals surface area contributed by atoms with Crippen molar-refractivity contribution in [2.45, 2.75) is 50.2 Å².